The first-order valence-electron chi connectivity index (χ1n) is 11.2. The van der Waals surface area contributed by atoms with E-state index in [1.807, 2.05) is 51.1 Å². The predicted molar refractivity (Wildman–Crippen MR) is 129 cm³/mol. The minimum Gasteiger partial charge on any atom is -0.462 e. The zero-order valence-electron chi connectivity index (χ0n) is 19.8. The van der Waals surface area contributed by atoms with E-state index in [9.17, 15) is 14.4 Å². The van der Waals surface area contributed by atoms with E-state index < -0.39 is 25.8 Å². The molecule has 0 radical (unpaired) electrons. The highest BCUT2D eigenvalue weighted by Gasteiger charge is 2.34. The molecule has 0 spiro atoms. The molecular weight excluding hydrogens is 445 g/mol. The Hall–Kier alpha value is -2.32. The Morgan fingerprint density at radius 1 is 1.24 bits per heavy atom. The fraction of sp³-hybridized carbons (Fsp3) is 0.522. The molecule has 1 fully saturated rings. The highest BCUT2D eigenvalue weighted by atomic mass is 31.2. The van der Waals surface area contributed by atoms with Crippen molar-refractivity contribution in [2.24, 2.45) is 5.92 Å². The number of hydrogen-bond acceptors (Lipinski definition) is 7. The molecule has 9 nitrogen and oxygen atoms in total. The van der Waals surface area contributed by atoms with E-state index in [2.05, 4.69) is 10.1 Å². The number of rotatable bonds is 9. The molecule has 3 rings (SSSR count). The first kappa shape index (κ1) is 26.9. The zero-order valence-corrected chi connectivity index (χ0v) is 20.7. The third-order valence-electron chi connectivity index (χ3n) is 4.69. The topological polar surface area (TPSA) is 112 Å². The Morgan fingerprint density at radius 3 is 2.58 bits per heavy atom. The molecule has 1 aromatic heterocycles. The molecule has 2 aromatic rings. The third-order valence-corrected chi connectivity index (χ3v) is 6.31. The molecule has 33 heavy (non-hydrogen) atoms. The van der Waals surface area contributed by atoms with Crippen molar-refractivity contribution < 1.29 is 18.8 Å². The maximum Gasteiger partial charge on any atom is 0.330 e. The van der Waals surface area contributed by atoms with Crippen LogP contribution in [0.5, 0.6) is 0 Å². The van der Waals surface area contributed by atoms with Crippen molar-refractivity contribution in [3.63, 3.8) is 0 Å². The van der Waals surface area contributed by atoms with Gasteiger partial charge in [0.1, 0.15) is 14.5 Å². The van der Waals surface area contributed by atoms with Crippen molar-refractivity contribution in [3.8, 4) is 0 Å². The maximum atomic E-state index is 12.1. The smallest absolute Gasteiger partial charge is 0.330 e. The van der Waals surface area contributed by atoms with Gasteiger partial charge < -0.3 is 14.0 Å². The SMILES string of the molecule is CC.CC(C)OC(=O)CN[P@](OCC1CC(C)C(n2ccc(=O)[nH]c2=O)O1)c1ccccc1. The van der Waals surface area contributed by atoms with Gasteiger partial charge in [-0.25, -0.2) is 4.79 Å². The summed E-state index contributed by atoms with van der Waals surface area (Å²) in [7, 11) is -1.27. The van der Waals surface area contributed by atoms with Gasteiger partial charge in [-0.1, -0.05) is 51.1 Å². The Balaban J connectivity index is 0.00000187. The van der Waals surface area contributed by atoms with Crippen LogP contribution in [0.4, 0.5) is 0 Å². The average Bonchev–Trinajstić information content (AvgIpc) is 3.15. The van der Waals surface area contributed by atoms with Gasteiger partial charge in [0.15, 0.2) is 0 Å². The monoisotopic (exact) mass is 479 g/mol. The maximum absolute atomic E-state index is 12.1. The number of benzene rings is 1. The lowest BCUT2D eigenvalue weighted by Gasteiger charge is -2.21. The van der Waals surface area contributed by atoms with E-state index in [4.69, 9.17) is 14.0 Å². The minimum absolute atomic E-state index is 0.0378. The molecule has 182 valence electrons. The van der Waals surface area contributed by atoms with Crippen LogP contribution in [0, 0.1) is 5.92 Å². The molecule has 1 aliphatic rings. The molecule has 0 bridgehead atoms. The van der Waals surface area contributed by atoms with Crippen molar-refractivity contribution in [1.29, 1.82) is 0 Å². The summed E-state index contributed by atoms with van der Waals surface area (Å²) in [5.74, 6) is -0.278. The summed E-state index contributed by atoms with van der Waals surface area (Å²) in [6, 6.07) is 10.9. The van der Waals surface area contributed by atoms with Crippen LogP contribution in [0.3, 0.4) is 0 Å². The summed E-state index contributed by atoms with van der Waals surface area (Å²) in [5, 5.41) is 4.09. The number of nitrogens with zero attached hydrogens (tertiary/aromatic N) is 1. The Kier molecular flexibility index (Phi) is 10.9. The van der Waals surface area contributed by atoms with Crippen LogP contribution in [-0.2, 0) is 18.8 Å². The number of esters is 1. The lowest BCUT2D eigenvalue weighted by atomic mass is 10.1. The van der Waals surface area contributed by atoms with E-state index in [-0.39, 0.29) is 30.6 Å². The van der Waals surface area contributed by atoms with Gasteiger partial charge >= 0.3 is 11.7 Å². The number of carbonyl (C=O) groups is 1. The number of aromatic amines is 1. The number of H-pyrrole nitrogens is 1. The summed E-state index contributed by atoms with van der Waals surface area (Å²) in [4.78, 5) is 37.6. The van der Waals surface area contributed by atoms with Crippen molar-refractivity contribution in [2.75, 3.05) is 13.2 Å². The van der Waals surface area contributed by atoms with E-state index in [1.165, 1.54) is 16.8 Å². The summed E-state index contributed by atoms with van der Waals surface area (Å²) >= 11 is 0. The normalized spacial score (nSPS) is 20.7. The van der Waals surface area contributed by atoms with Gasteiger partial charge in [0.25, 0.3) is 5.56 Å². The fourth-order valence-corrected chi connectivity index (χ4v) is 4.82. The van der Waals surface area contributed by atoms with Crippen LogP contribution >= 0.6 is 8.30 Å². The molecule has 0 saturated carbocycles. The first-order valence-corrected chi connectivity index (χ1v) is 12.5. The largest absolute Gasteiger partial charge is 0.462 e. The van der Waals surface area contributed by atoms with Crippen LogP contribution in [0.2, 0.25) is 0 Å². The molecular formula is C23H34N3O6P. The first-order chi connectivity index (χ1) is 15.8. The average molecular weight is 480 g/mol. The van der Waals surface area contributed by atoms with Crippen molar-refractivity contribution in [3.05, 3.63) is 63.4 Å². The van der Waals surface area contributed by atoms with Gasteiger partial charge in [-0.05, 0) is 20.3 Å². The molecule has 2 N–H and O–H groups in total. The Morgan fingerprint density at radius 2 is 1.94 bits per heavy atom. The lowest BCUT2D eigenvalue weighted by Crippen LogP contribution is -2.33. The van der Waals surface area contributed by atoms with E-state index >= 15 is 0 Å². The second-order valence-corrected chi connectivity index (χ2v) is 9.36. The van der Waals surface area contributed by atoms with Crippen LogP contribution in [-0.4, -0.2) is 40.9 Å². The molecule has 1 aliphatic heterocycles. The van der Waals surface area contributed by atoms with Crippen molar-refractivity contribution in [1.82, 2.24) is 14.6 Å². The second kappa shape index (κ2) is 13.4. The zero-order chi connectivity index (χ0) is 24.4. The number of ether oxygens (including phenoxy) is 2. The standard InChI is InChI=1S/C21H28N3O6P.C2H6/c1-14(2)29-19(26)12-22-31(17-7-5-4-6-8-17)28-13-16-11-15(3)20(30-16)24-10-9-18(25)23-21(24)27;1-2/h4-10,14-16,20,22H,11-13H2,1-3H3,(H,23,25,27);1-2H3/t15?,16?,20?,31-;/m1./s1. The van der Waals surface area contributed by atoms with Crippen molar-refractivity contribution in [2.45, 2.75) is 59.5 Å². The van der Waals surface area contributed by atoms with Crippen LogP contribution in [0.25, 0.3) is 0 Å². The molecule has 0 aliphatic carbocycles. The lowest BCUT2D eigenvalue weighted by molar-refractivity contribution is -0.145. The third kappa shape index (κ3) is 8.19. The van der Waals surface area contributed by atoms with Gasteiger partial charge in [0.2, 0.25) is 0 Å². The molecule has 2 heterocycles. The van der Waals surface area contributed by atoms with E-state index in [1.54, 1.807) is 13.8 Å². The van der Waals surface area contributed by atoms with Crippen LogP contribution in [0.1, 0.15) is 47.3 Å². The highest BCUT2D eigenvalue weighted by Crippen LogP contribution is 2.36. The molecule has 4 atom stereocenters. The van der Waals surface area contributed by atoms with Gasteiger partial charge in [-0.2, -0.15) is 0 Å². The number of hydrogen-bond donors (Lipinski definition) is 2. The summed E-state index contributed by atoms with van der Waals surface area (Å²) in [6.07, 6.45) is 1.26. The van der Waals surface area contributed by atoms with E-state index in [0.717, 1.165) is 5.30 Å². The van der Waals surface area contributed by atoms with Gasteiger partial charge in [-0.15, -0.1) is 0 Å². The minimum atomic E-state index is -1.27. The molecule has 3 unspecified atom stereocenters. The van der Waals surface area contributed by atoms with Crippen LogP contribution in [0.15, 0.2) is 52.2 Å². The number of carbonyl (C=O) groups excluding carboxylic acids is 1. The Bertz CT molecular complexity index is 978. The number of aromatic nitrogens is 2. The predicted octanol–water partition coefficient (Wildman–Crippen LogP) is 2.68. The fourth-order valence-electron chi connectivity index (χ4n) is 3.37. The molecule has 0 amide bonds. The van der Waals surface area contributed by atoms with Gasteiger partial charge in [0, 0.05) is 23.5 Å². The Labute approximate surface area is 195 Å². The summed E-state index contributed by atoms with van der Waals surface area (Å²) in [5.41, 5.74) is -0.940. The summed E-state index contributed by atoms with van der Waals surface area (Å²) in [6.45, 7) is 9.93. The van der Waals surface area contributed by atoms with E-state index in [0.29, 0.717) is 13.0 Å². The highest BCUT2D eigenvalue weighted by molar-refractivity contribution is 7.58. The second-order valence-electron chi connectivity index (χ2n) is 7.68. The molecule has 1 aromatic carbocycles. The van der Waals surface area contributed by atoms with Gasteiger partial charge in [-0.3, -0.25) is 24.2 Å². The summed E-state index contributed by atoms with van der Waals surface area (Å²) < 4.78 is 18.8. The molecule has 1 saturated heterocycles. The quantitative estimate of drug-likeness (QED) is 0.420. The number of nitrogens with one attached hydrogen (secondary N) is 2. The van der Waals surface area contributed by atoms with Crippen LogP contribution < -0.4 is 21.6 Å². The van der Waals surface area contributed by atoms with Crippen molar-refractivity contribution >= 4 is 19.6 Å². The van der Waals surface area contributed by atoms with Gasteiger partial charge in [0.05, 0.1) is 25.4 Å². The molecule has 10 heteroatoms.